The Balaban J connectivity index is 1.13. The second kappa shape index (κ2) is 12.2. The van der Waals surface area contributed by atoms with Crippen molar-refractivity contribution in [3.05, 3.63) is 77.9 Å². The van der Waals surface area contributed by atoms with Gasteiger partial charge < -0.3 is 16.0 Å². The van der Waals surface area contributed by atoms with Crippen LogP contribution in [0.1, 0.15) is 30.9 Å². The van der Waals surface area contributed by atoms with Gasteiger partial charge in [0.05, 0.1) is 0 Å². The predicted octanol–water partition coefficient (Wildman–Crippen LogP) is 4.03. The topological polar surface area (TPSA) is 109 Å². The fourth-order valence-corrected chi connectivity index (χ4v) is 4.57. The van der Waals surface area contributed by atoms with Crippen LogP contribution >= 0.6 is 0 Å². The average molecular weight is 487 g/mol. The highest BCUT2D eigenvalue weighted by molar-refractivity contribution is 5.94. The largest absolute Gasteiger partial charge is 0.352 e. The summed E-state index contributed by atoms with van der Waals surface area (Å²) in [4.78, 5) is 25.8. The quantitative estimate of drug-likeness (QED) is 0.257. The number of anilines is 1. The van der Waals surface area contributed by atoms with Crippen molar-refractivity contribution >= 4 is 34.4 Å². The van der Waals surface area contributed by atoms with Crippen LogP contribution in [0.4, 0.5) is 10.5 Å². The first-order valence-electron chi connectivity index (χ1n) is 12.4. The molecule has 36 heavy (non-hydrogen) atoms. The van der Waals surface area contributed by atoms with E-state index in [1.165, 1.54) is 12.5 Å². The number of carbonyl (C=O) groups is 2. The molecule has 1 fully saturated rings. The summed E-state index contributed by atoms with van der Waals surface area (Å²) in [5, 5.41) is 21.6. The van der Waals surface area contributed by atoms with Gasteiger partial charge >= 0.3 is 6.03 Å². The van der Waals surface area contributed by atoms with Crippen LogP contribution in [0, 0.1) is 11.3 Å². The van der Waals surface area contributed by atoms with Crippen molar-refractivity contribution in [1.82, 2.24) is 20.9 Å². The van der Waals surface area contributed by atoms with Gasteiger partial charge in [-0.2, -0.15) is 0 Å². The van der Waals surface area contributed by atoms with Crippen LogP contribution in [0.5, 0.6) is 0 Å². The number of rotatable bonds is 7. The van der Waals surface area contributed by atoms with Crippen LogP contribution in [0.3, 0.4) is 0 Å². The van der Waals surface area contributed by atoms with Crippen molar-refractivity contribution in [1.29, 1.82) is 5.41 Å². The highest BCUT2D eigenvalue weighted by Gasteiger charge is 2.20. The van der Waals surface area contributed by atoms with Crippen molar-refractivity contribution in [2.24, 2.45) is 5.92 Å². The van der Waals surface area contributed by atoms with Gasteiger partial charge in [-0.15, -0.1) is 0 Å². The molecule has 0 unspecified atom stereocenters. The number of guanidine groups is 1. The van der Waals surface area contributed by atoms with Crippen molar-refractivity contribution in [3.63, 3.8) is 0 Å². The molecule has 3 amide bonds. The first-order valence-corrected chi connectivity index (χ1v) is 12.4. The van der Waals surface area contributed by atoms with Crippen LogP contribution in [0.25, 0.3) is 10.8 Å². The predicted molar refractivity (Wildman–Crippen MR) is 144 cm³/mol. The maximum Gasteiger partial charge on any atom is 0.321 e. The summed E-state index contributed by atoms with van der Waals surface area (Å²) in [5.41, 5.74) is 3.11. The molecule has 0 aromatic heterocycles. The van der Waals surface area contributed by atoms with E-state index in [0.717, 1.165) is 54.5 Å². The highest BCUT2D eigenvalue weighted by atomic mass is 16.2. The van der Waals surface area contributed by atoms with Crippen LogP contribution in [0.2, 0.25) is 0 Å². The Bertz CT molecular complexity index is 1200. The Hall–Kier alpha value is -3.91. The summed E-state index contributed by atoms with van der Waals surface area (Å²) in [6, 6.07) is 21.8. The monoisotopic (exact) mass is 486 g/mol. The lowest BCUT2D eigenvalue weighted by molar-refractivity contribution is -0.114. The number of fused-ring (bicyclic) bond motifs is 1. The molecular weight excluding hydrogens is 452 g/mol. The lowest BCUT2D eigenvalue weighted by Crippen LogP contribution is -2.47. The number of nitrogens with one attached hydrogen (secondary N) is 5. The van der Waals surface area contributed by atoms with Gasteiger partial charge in [-0.05, 0) is 65.9 Å². The minimum absolute atomic E-state index is 0.0141. The Morgan fingerprint density at radius 2 is 1.67 bits per heavy atom. The van der Waals surface area contributed by atoms with Crippen LogP contribution < -0.4 is 21.3 Å². The molecule has 3 aromatic carbocycles. The van der Waals surface area contributed by atoms with Gasteiger partial charge in [0.15, 0.2) is 5.96 Å². The standard InChI is InChI=1S/C28H34N6O2/c1-20(35)32-25-11-9-22(10-12-25)19-34-15-13-21(14-16-34)17-31-28(36)33-27(29)30-18-24-7-4-6-23-5-2-3-8-26(23)24/h2-12,21H,13-19H2,1H3,(H,32,35)(H4,29,30,31,33,36). The molecule has 8 nitrogen and oxygen atoms in total. The van der Waals surface area contributed by atoms with Gasteiger partial charge in [-0.3, -0.25) is 20.4 Å². The molecule has 0 spiro atoms. The van der Waals surface area contributed by atoms with E-state index in [9.17, 15) is 9.59 Å². The number of benzene rings is 3. The fourth-order valence-electron chi connectivity index (χ4n) is 4.57. The zero-order valence-electron chi connectivity index (χ0n) is 20.6. The van der Waals surface area contributed by atoms with Crippen LogP contribution in [0.15, 0.2) is 66.7 Å². The molecule has 0 saturated carbocycles. The van der Waals surface area contributed by atoms with E-state index in [-0.39, 0.29) is 17.9 Å². The highest BCUT2D eigenvalue weighted by Crippen LogP contribution is 2.20. The third kappa shape index (κ3) is 7.29. The van der Waals surface area contributed by atoms with Gasteiger partial charge in [0.25, 0.3) is 0 Å². The summed E-state index contributed by atoms with van der Waals surface area (Å²) in [5.74, 6) is 0.341. The molecule has 4 rings (SSSR count). The number of carbonyl (C=O) groups excluding carboxylic acids is 2. The van der Waals surface area contributed by atoms with Gasteiger partial charge in [0.2, 0.25) is 5.91 Å². The molecule has 188 valence electrons. The molecule has 1 aliphatic heterocycles. The van der Waals surface area contributed by atoms with E-state index in [0.29, 0.717) is 19.0 Å². The lowest BCUT2D eigenvalue weighted by atomic mass is 9.96. The first kappa shape index (κ1) is 25.2. The second-order valence-electron chi connectivity index (χ2n) is 9.30. The van der Waals surface area contributed by atoms with Crippen molar-refractivity contribution in [3.8, 4) is 0 Å². The molecule has 5 N–H and O–H groups in total. The zero-order valence-corrected chi connectivity index (χ0v) is 20.6. The third-order valence-corrected chi connectivity index (χ3v) is 6.51. The van der Waals surface area contributed by atoms with E-state index < -0.39 is 0 Å². The molecule has 1 aliphatic rings. The van der Waals surface area contributed by atoms with Gasteiger partial charge in [-0.1, -0.05) is 54.6 Å². The summed E-state index contributed by atoms with van der Waals surface area (Å²) in [6.07, 6.45) is 2.03. The van der Waals surface area contributed by atoms with Crippen LogP contribution in [-0.2, 0) is 17.9 Å². The number of hydrogen-bond acceptors (Lipinski definition) is 4. The van der Waals surface area contributed by atoms with Crippen LogP contribution in [-0.4, -0.2) is 42.4 Å². The Kier molecular flexibility index (Phi) is 8.52. The smallest absolute Gasteiger partial charge is 0.321 e. The molecule has 1 saturated heterocycles. The summed E-state index contributed by atoms with van der Waals surface area (Å²) < 4.78 is 0. The summed E-state index contributed by atoms with van der Waals surface area (Å²) in [7, 11) is 0. The van der Waals surface area contributed by atoms with Gasteiger partial charge in [0.1, 0.15) is 0 Å². The molecule has 3 aromatic rings. The molecular formula is C28H34N6O2. The maximum absolute atomic E-state index is 12.3. The minimum Gasteiger partial charge on any atom is -0.352 e. The van der Waals surface area contributed by atoms with Crippen molar-refractivity contribution in [2.45, 2.75) is 32.9 Å². The number of hydrogen-bond donors (Lipinski definition) is 5. The van der Waals surface area contributed by atoms with Crippen molar-refractivity contribution in [2.75, 3.05) is 25.0 Å². The summed E-state index contributed by atoms with van der Waals surface area (Å²) in [6.45, 7) is 5.40. The first-order chi connectivity index (χ1) is 17.5. The van der Waals surface area contributed by atoms with Gasteiger partial charge in [0, 0.05) is 32.2 Å². The van der Waals surface area contributed by atoms with E-state index in [1.807, 2.05) is 48.5 Å². The van der Waals surface area contributed by atoms with Gasteiger partial charge in [-0.25, -0.2) is 4.79 Å². The lowest BCUT2D eigenvalue weighted by Gasteiger charge is -2.32. The number of nitrogens with zero attached hydrogens (tertiary/aromatic N) is 1. The minimum atomic E-state index is -0.355. The molecule has 0 radical (unpaired) electrons. The Morgan fingerprint density at radius 3 is 2.42 bits per heavy atom. The molecule has 0 aliphatic carbocycles. The number of urea groups is 1. The number of likely N-dealkylation sites (tertiary alicyclic amines) is 1. The molecule has 1 heterocycles. The van der Waals surface area contributed by atoms with Crippen molar-refractivity contribution < 1.29 is 9.59 Å². The van der Waals surface area contributed by atoms with E-state index in [4.69, 9.17) is 5.41 Å². The van der Waals surface area contributed by atoms with E-state index in [1.54, 1.807) is 0 Å². The zero-order chi connectivity index (χ0) is 25.3. The SMILES string of the molecule is CC(=O)Nc1ccc(CN2CCC(CNC(=O)NC(=N)NCc3cccc4ccccc34)CC2)cc1. The Morgan fingerprint density at radius 1 is 0.944 bits per heavy atom. The summed E-state index contributed by atoms with van der Waals surface area (Å²) >= 11 is 0. The Labute approximate surface area is 212 Å². The number of piperidine rings is 1. The number of amides is 3. The maximum atomic E-state index is 12.3. The van der Waals surface area contributed by atoms with E-state index in [2.05, 4.69) is 44.4 Å². The molecule has 0 atom stereocenters. The molecule has 8 heteroatoms. The van der Waals surface area contributed by atoms with E-state index >= 15 is 0 Å². The average Bonchev–Trinajstić information content (AvgIpc) is 2.88. The molecule has 0 bridgehead atoms. The second-order valence-corrected chi connectivity index (χ2v) is 9.30. The normalized spacial score (nSPS) is 14.2. The fraction of sp³-hybridized carbons (Fsp3) is 0.321. The third-order valence-electron chi connectivity index (χ3n) is 6.51.